The van der Waals surface area contributed by atoms with Crippen LogP contribution in [0.1, 0.15) is 6.23 Å². The number of hydrogen-bond donors (Lipinski definition) is 5. The summed E-state index contributed by atoms with van der Waals surface area (Å²) in [5, 5.41) is 20.4. The zero-order valence-electron chi connectivity index (χ0n) is 20.9. The summed E-state index contributed by atoms with van der Waals surface area (Å²) < 4.78 is 64.8. The minimum atomic E-state index is -6.44. The molecule has 4 unspecified atom stereocenters. The van der Waals surface area contributed by atoms with Crippen LogP contribution in [0.4, 0.5) is 5.95 Å². The van der Waals surface area contributed by atoms with E-state index >= 15 is 0 Å². The number of phosphoric acid groups is 4. The molecule has 1 fully saturated rings. The van der Waals surface area contributed by atoms with Crippen LogP contribution in [0.2, 0.25) is 0 Å². The Morgan fingerprint density at radius 1 is 0.975 bits per heavy atom. The average Bonchev–Trinajstić information content (AvgIpc) is 3.18. The fourth-order valence-corrected chi connectivity index (χ4v) is 7.08. The van der Waals surface area contributed by atoms with Crippen LogP contribution in [-0.2, 0) is 40.5 Å². The maximum Gasteiger partial charge on any atom is 1.00 e. The smallest absolute Gasteiger partial charge is 0.756 e. The van der Waals surface area contributed by atoms with E-state index in [-0.39, 0.29) is 135 Å². The Bertz CT molecular complexity index is 1400. The summed E-state index contributed by atoms with van der Waals surface area (Å²) in [6, 6.07) is 0. The third-order valence-electron chi connectivity index (χ3n) is 4.06. The van der Waals surface area contributed by atoms with E-state index in [9.17, 15) is 52.8 Å². The van der Waals surface area contributed by atoms with Crippen LogP contribution < -0.4 is 149 Å². The van der Waals surface area contributed by atoms with Crippen molar-refractivity contribution in [1.82, 2.24) is 19.5 Å². The molecule has 30 heteroatoms. The van der Waals surface area contributed by atoms with E-state index in [4.69, 9.17) is 15.4 Å². The van der Waals surface area contributed by atoms with Gasteiger partial charge in [0.2, 0.25) is 5.95 Å². The molecule has 1 saturated heterocycles. The molecule has 0 radical (unpaired) electrons. The van der Waals surface area contributed by atoms with Crippen molar-refractivity contribution in [3.63, 3.8) is 0 Å². The van der Waals surface area contributed by atoms with Crippen molar-refractivity contribution in [3.8, 4) is 0 Å². The van der Waals surface area contributed by atoms with E-state index in [0.29, 0.717) is 0 Å². The number of aliphatic hydroxyl groups excluding tert-OH is 2. The van der Waals surface area contributed by atoms with E-state index in [1.54, 1.807) is 0 Å². The molecule has 2 aromatic heterocycles. The van der Waals surface area contributed by atoms with E-state index in [2.05, 4.69) is 32.4 Å². The second-order valence-corrected chi connectivity index (χ2v) is 12.5. The third-order valence-corrected chi connectivity index (χ3v) is 9.35. The molecule has 2 aromatic rings. The number of nitrogens with two attached hydrogens (primary N) is 1. The summed E-state index contributed by atoms with van der Waals surface area (Å²) in [5.41, 5.74) is 4.28. The molecule has 0 spiro atoms. The predicted octanol–water partition coefficient (Wildman–Crippen LogP) is -16.7. The quantitative estimate of drug-likeness (QED) is 0.114. The number of aromatic nitrogens is 4. The number of imidazole rings is 1. The minimum absolute atomic E-state index is 0. The molecule has 0 bridgehead atoms. The Kier molecular flexibility index (Phi) is 18.9. The molecule has 1 aliphatic rings. The van der Waals surface area contributed by atoms with Gasteiger partial charge in [-0.2, -0.15) is 4.98 Å². The molecule has 0 aliphatic carbocycles. The van der Waals surface area contributed by atoms with Gasteiger partial charge in [-0.05, 0) is 0 Å². The van der Waals surface area contributed by atoms with Gasteiger partial charge in [0, 0.05) is 0 Å². The van der Waals surface area contributed by atoms with Gasteiger partial charge in [-0.3, -0.25) is 32.6 Å². The number of rotatable bonds is 10. The summed E-state index contributed by atoms with van der Waals surface area (Å²) in [4.78, 5) is 74.6. The molecular weight excluding hydrogens is 678 g/mol. The van der Waals surface area contributed by atoms with E-state index in [1.807, 2.05) is 0 Å². The van der Waals surface area contributed by atoms with Crippen LogP contribution in [0, 0.1) is 0 Å². The molecule has 40 heavy (non-hydrogen) atoms. The van der Waals surface area contributed by atoms with Gasteiger partial charge in [0.1, 0.15) is 18.3 Å². The summed E-state index contributed by atoms with van der Waals surface area (Å²) in [6.07, 6.45) is -5.93. The summed E-state index contributed by atoms with van der Waals surface area (Å²) in [7, 11) is -24.9. The zero-order chi connectivity index (χ0) is 27.3. The maximum atomic E-state index is 11.9. The van der Waals surface area contributed by atoms with Crippen molar-refractivity contribution in [1.29, 1.82) is 0 Å². The number of phosphoric ester groups is 1. The Morgan fingerprint density at radius 2 is 1.50 bits per heavy atom. The molecule has 0 amide bonds. The van der Waals surface area contributed by atoms with Gasteiger partial charge in [-0.1, -0.05) is 0 Å². The molecule has 3 rings (SSSR count). The minimum Gasteiger partial charge on any atom is -0.756 e. The molecule has 6 N–H and O–H groups in total. The van der Waals surface area contributed by atoms with Crippen LogP contribution in [0.3, 0.4) is 0 Å². The van der Waals surface area contributed by atoms with Crippen molar-refractivity contribution in [2.75, 3.05) is 12.3 Å². The van der Waals surface area contributed by atoms with Crippen molar-refractivity contribution in [2.45, 2.75) is 24.5 Å². The van der Waals surface area contributed by atoms with E-state index in [0.717, 1.165) is 10.9 Å². The Labute approximate surface area is 310 Å². The molecule has 3 heterocycles. The van der Waals surface area contributed by atoms with Crippen molar-refractivity contribution >= 4 is 48.4 Å². The fraction of sp³-hybridized carbons (Fsp3) is 0.500. The van der Waals surface area contributed by atoms with Crippen LogP contribution in [0.15, 0.2) is 11.1 Å². The maximum absolute atomic E-state index is 11.9. The van der Waals surface area contributed by atoms with Crippen LogP contribution in [0.25, 0.3) is 11.2 Å². The summed E-state index contributed by atoms with van der Waals surface area (Å²) >= 11 is 0. The van der Waals surface area contributed by atoms with Gasteiger partial charge in [0.15, 0.2) is 17.4 Å². The number of nitrogens with zero attached hydrogens (tertiary/aromatic N) is 3. The Balaban J connectivity index is 0. The average molecular weight is 691 g/mol. The van der Waals surface area contributed by atoms with Crippen molar-refractivity contribution in [2.24, 2.45) is 0 Å². The van der Waals surface area contributed by atoms with Crippen LogP contribution in [0.5, 0.6) is 0 Å². The first-order valence-corrected chi connectivity index (χ1v) is 14.7. The molecule has 0 saturated carbocycles. The molecule has 8 atom stereocenters. The second-order valence-electron chi connectivity index (χ2n) is 6.67. The molecular formula is C10H13N5Na4O17P4. The van der Waals surface area contributed by atoms with Crippen molar-refractivity contribution in [3.05, 3.63) is 16.7 Å². The number of H-pyrrole nitrogens is 1. The first-order valence-electron chi connectivity index (χ1n) is 8.79. The first-order chi connectivity index (χ1) is 16.3. The first kappa shape index (κ1) is 44.7. The fourth-order valence-electron chi connectivity index (χ4n) is 2.82. The molecule has 204 valence electrons. The largest absolute Gasteiger partial charge is 1.00 e. The normalized spacial score (nSPS) is 26.4. The zero-order valence-corrected chi connectivity index (χ0v) is 32.4. The standard InChI is InChI=1S/C10H17N5O17P4.4Na/c11-10-13-7-4(8(18)14-10)12-2-15(7)9-6(17)5(16)3(29-9)1-28-34(22,23)31-36(26,27)32-35(24,25)30-33(19,20)21;;;;/h2-3,5-6,9,16-17H,1H2,(H,22,23)(H,24,25)(H,26,27)(H2,19,20,21)(H3,11,13,14,18);;;;/q;4*+1/p-4/t3-,5-,6-,9-;;;;/m1..../s1. The van der Waals surface area contributed by atoms with Crippen LogP contribution in [-0.4, -0.2) is 59.5 Å². The Morgan fingerprint density at radius 3 is 2.05 bits per heavy atom. The molecule has 1 aliphatic heterocycles. The number of ether oxygens (including phenoxy) is 1. The molecule has 22 nitrogen and oxygen atoms in total. The van der Waals surface area contributed by atoms with Crippen molar-refractivity contribution < 1.29 is 193 Å². The SMILES string of the molecule is Nc1nc2c(ncn2[C@@H]2O[C@H](COP(=O)([O-])OP(=O)([O-])OP(=O)([O-])OP(=O)([O-])O)[C@@H](O)[C@H]2O)c(=O)[nH]1.[Na+].[Na+].[Na+].[Na+]. The van der Waals surface area contributed by atoms with Crippen LogP contribution >= 0.6 is 31.3 Å². The van der Waals surface area contributed by atoms with E-state index in [1.165, 1.54) is 0 Å². The Hall–Kier alpha value is 2.59. The van der Waals surface area contributed by atoms with Gasteiger partial charge < -0.3 is 49.7 Å². The topological polar surface area (TPSA) is 357 Å². The number of nitrogens with one attached hydrogen (secondary N) is 1. The van der Waals surface area contributed by atoms with Gasteiger partial charge >= 0.3 is 118 Å². The predicted molar refractivity (Wildman–Crippen MR) is 100 cm³/mol. The van der Waals surface area contributed by atoms with Gasteiger partial charge in [0.25, 0.3) is 36.9 Å². The molecule has 0 aromatic carbocycles. The van der Waals surface area contributed by atoms with Gasteiger partial charge in [-0.15, -0.1) is 0 Å². The number of aromatic amines is 1. The summed E-state index contributed by atoms with van der Waals surface area (Å²) in [6.45, 7) is -1.23. The monoisotopic (exact) mass is 691 g/mol. The second kappa shape index (κ2) is 16.9. The van der Waals surface area contributed by atoms with Gasteiger partial charge in [-0.25, -0.2) is 17.9 Å². The van der Waals surface area contributed by atoms with Gasteiger partial charge in [0.05, 0.1) is 12.9 Å². The number of hydrogen-bond acceptors (Lipinski definition) is 19. The number of nitrogen functional groups attached to an aromatic ring is 1. The number of anilines is 1. The number of fused-ring (bicyclic) bond motifs is 1. The summed E-state index contributed by atoms with van der Waals surface area (Å²) in [5.74, 6) is -0.332. The third kappa shape index (κ3) is 12.4. The van der Waals surface area contributed by atoms with E-state index < -0.39 is 68.0 Å². The number of aliphatic hydroxyl groups is 2.